The second-order valence-corrected chi connectivity index (χ2v) is 5.98. The molecule has 0 aromatic heterocycles. The Morgan fingerprint density at radius 2 is 2.05 bits per heavy atom. The van der Waals surface area contributed by atoms with Gasteiger partial charge in [0, 0.05) is 11.6 Å². The van der Waals surface area contributed by atoms with Crippen molar-refractivity contribution >= 4 is 29.3 Å². The zero-order valence-electron chi connectivity index (χ0n) is 12.1. The van der Waals surface area contributed by atoms with Gasteiger partial charge in [-0.15, -0.1) is 23.4 Å². The van der Waals surface area contributed by atoms with Gasteiger partial charge in [0.1, 0.15) is 0 Å². The zero-order valence-corrected chi connectivity index (χ0v) is 13.6. The van der Waals surface area contributed by atoms with Crippen LogP contribution in [0, 0.1) is 0 Å². The minimum absolute atomic E-state index is 0.111. The first-order valence-electron chi connectivity index (χ1n) is 7.13. The van der Waals surface area contributed by atoms with Crippen LogP contribution in [0.4, 0.5) is 0 Å². The van der Waals surface area contributed by atoms with Gasteiger partial charge in [-0.3, -0.25) is 4.79 Å². The normalized spacial score (nSPS) is 10.5. The Morgan fingerprint density at radius 1 is 1.25 bits per heavy atom. The number of hydrogen-bond donors (Lipinski definition) is 0. The van der Waals surface area contributed by atoms with E-state index in [9.17, 15) is 4.79 Å². The van der Waals surface area contributed by atoms with Gasteiger partial charge in [-0.05, 0) is 17.5 Å². The summed E-state index contributed by atoms with van der Waals surface area (Å²) in [7, 11) is 0. The van der Waals surface area contributed by atoms with E-state index < -0.39 is 0 Å². The lowest BCUT2D eigenvalue weighted by atomic mass is 10.2. The number of carbonyl (C=O) groups excluding carboxylic acids is 1. The van der Waals surface area contributed by atoms with Crippen LogP contribution in [0.1, 0.15) is 43.7 Å². The molecule has 0 bridgehead atoms. The van der Waals surface area contributed by atoms with Crippen molar-refractivity contribution in [1.82, 2.24) is 0 Å². The first-order chi connectivity index (χ1) is 9.76. The van der Waals surface area contributed by atoms with E-state index in [1.807, 2.05) is 12.1 Å². The Balaban J connectivity index is 2.12. The van der Waals surface area contributed by atoms with Crippen LogP contribution in [0.2, 0.25) is 0 Å². The van der Waals surface area contributed by atoms with Crippen LogP contribution in [0.15, 0.2) is 24.3 Å². The van der Waals surface area contributed by atoms with E-state index in [-0.39, 0.29) is 5.97 Å². The quantitative estimate of drug-likeness (QED) is 0.353. The molecular weight excluding hydrogens is 292 g/mol. The number of ether oxygens (including phenoxy) is 1. The summed E-state index contributed by atoms with van der Waals surface area (Å²) >= 11 is 7.38. The molecule has 0 radical (unpaired) electrons. The number of thioether (sulfide) groups is 1. The van der Waals surface area contributed by atoms with Crippen molar-refractivity contribution in [3.63, 3.8) is 0 Å². The monoisotopic (exact) mass is 314 g/mol. The Labute approximate surface area is 131 Å². The van der Waals surface area contributed by atoms with E-state index in [0.717, 1.165) is 24.2 Å². The van der Waals surface area contributed by atoms with E-state index in [1.54, 1.807) is 11.8 Å². The van der Waals surface area contributed by atoms with Crippen LogP contribution in [-0.2, 0) is 21.2 Å². The highest BCUT2D eigenvalue weighted by atomic mass is 35.5. The lowest BCUT2D eigenvalue weighted by Crippen LogP contribution is -2.08. The number of halogens is 1. The number of esters is 1. The van der Waals surface area contributed by atoms with Gasteiger partial charge in [-0.2, -0.15) is 0 Å². The number of rotatable bonds is 10. The highest BCUT2D eigenvalue weighted by Gasteiger charge is 2.03. The Kier molecular flexibility index (Phi) is 9.60. The summed E-state index contributed by atoms with van der Waals surface area (Å²) in [6, 6.07) is 8.14. The molecule has 2 nitrogen and oxygen atoms in total. The SMILES string of the molecule is CCCCCCOC(=O)CSCc1cccc(CCl)c1. The van der Waals surface area contributed by atoms with E-state index >= 15 is 0 Å². The standard InChI is InChI=1S/C16H23ClO2S/c1-2-3-4-5-9-19-16(18)13-20-12-15-8-6-7-14(10-15)11-17/h6-8,10H,2-5,9,11-13H2,1H3. The molecule has 0 amide bonds. The fourth-order valence-corrected chi connectivity index (χ4v) is 2.74. The first kappa shape index (κ1) is 17.4. The van der Waals surface area contributed by atoms with E-state index in [2.05, 4.69) is 19.1 Å². The fourth-order valence-electron chi connectivity index (χ4n) is 1.81. The molecule has 0 atom stereocenters. The van der Waals surface area contributed by atoms with Crippen LogP contribution in [-0.4, -0.2) is 18.3 Å². The molecule has 20 heavy (non-hydrogen) atoms. The van der Waals surface area contributed by atoms with Crippen LogP contribution in [0.25, 0.3) is 0 Å². The predicted molar refractivity (Wildman–Crippen MR) is 87.3 cm³/mol. The maximum Gasteiger partial charge on any atom is 0.315 e. The molecule has 0 aliphatic heterocycles. The molecule has 1 aromatic carbocycles. The summed E-state index contributed by atoms with van der Waals surface area (Å²) in [5.74, 6) is 1.65. The number of unbranched alkanes of at least 4 members (excludes halogenated alkanes) is 3. The van der Waals surface area contributed by atoms with Crippen molar-refractivity contribution in [2.75, 3.05) is 12.4 Å². The third kappa shape index (κ3) is 7.81. The fraction of sp³-hybridized carbons (Fsp3) is 0.562. The maximum absolute atomic E-state index is 11.5. The van der Waals surface area contributed by atoms with Crippen molar-refractivity contribution in [2.45, 2.75) is 44.2 Å². The van der Waals surface area contributed by atoms with Crippen LogP contribution in [0.3, 0.4) is 0 Å². The van der Waals surface area contributed by atoms with Gasteiger partial charge in [0.05, 0.1) is 12.4 Å². The van der Waals surface area contributed by atoms with Crippen molar-refractivity contribution in [1.29, 1.82) is 0 Å². The number of benzene rings is 1. The maximum atomic E-state index is 11.5. The Hall–Kier alpha value is -0.670. The van der Waals surface area contributed by atoms with Gasteiger partial charge in [-0.25, -0.2) is 0 Å². The molecular formula is C16H23ClO2S. The van der Waals surface area contributed by atoms with Crippen molar-refractivity contribution < 1.29 is 9.53 Å². The molecule has 0 spiro atoms. The van der Waals surface area contributed by atoms with Crippen molar-refractivity contribution in [3.05, 3.63) is 35.4 Å². The Bertz CT molecular complexity index is 396. The zero-order chi connectivity index (χ0) is 14.6. The van der Waals surface area contributed by atoms with Crippen LogP contribution >= 0.6 is 23.4 Å². The minimum atomic E-state index is -0.111. The lowest BCUT2D eigenvalue weighted by Gasteiger charge is -2.05. The average molecular weight is 315 g/mol. The third-order valence-corrected chi connectivity index (χ3v) is 4.18. The molecule has 4 heteroatoms. The third-order valence-electron chi connectivity index (χ3n) is 2.90. The molecule has 0 unspecified atom stereocenters. The van der Waals surface area contributed by atoms with E-state index in [0.29, 0.717) is 18.2 Å². The predicted octanol–water partition coefficient (Wildman–Crippen LogP) is 4.78. The number of carbonyl (C=O) groups is 1. The summed E-state index contributed by atoms with van der Waals surface area (Å²) in [5.41, 5.74) is 2.31. The van der Waals surface area contributed by atoms with Crippen molar-refractivity contribution in [3.8, 4) is 0 Å². The topological polar surface area (TPSA) is 26.3 Å². The highest BCUT2D eigenvalue weighted by molar-refractivity contribution is 7.99. The summed E-state index contributed by atoms with van der Waals surface area (Å²) in [6.45, 7) is 2.73. The van der Waals surface area contributed by atoms with Gasteiger partial charge in [0.2, 0.25) is 0 Å². The second kappa shape index (κ2) is 11.0. The molecule has 0 aliphatic rings. The van der Waals surface area contributed by atoms with Crippen LogP contribution in [0.5, 0.6) is 0 Å². The number of alkyl halides is 1. The summed E-state index contributed by atoms with van der Waals surface area (Å²) < 4.78 is 5.19. The number of hydrogen-bond acceptors (Lipinski definition) is 3. The molecule has 0 N–H and O–H groups in total. The summed E-state index contributed by atoms with van der Waals surface area (Å²) in [4.78, 5) is 11.5. The molecule has 0 aliphatic carbocycles. The van der Waals surface area contributed by atoms with Gasteiger partial charge >= 0.3 is 5.97 Å². The average Bonchev–Trinajstić information content (AvgIpc) is 2.47. The lowest BCUT2D eigenvalue weighted by molar-refractivity contribution is -0.140. The van der Waals surface area contributed by atoms with E-state index in [4.69, 9.17) is 16.3 Å². The molecule has 0 fully saturated rings. The van der Waals surface area contributed by atoms with Gasteiger partial charge in [-0.1, -0.05) is 50.5 Å². The minimum Gasteiger partial charge on any atom is -0.465 e. The Morgan fingerprint density at radius 3 is 2.80 bits per heavy atom. The van der Waals surface area contributed by atoms with Gasteiger partial charge < -0.3 is 4.74 Å². The first-order valence-corrected chi connectivity index (χ1v) is 8.82. The molecule has 0 heterocycles. The smallest absolute Gasteiger partial charge is 0.315 e. The molecule has 0 saturated carbocycles. The highest BCUT2D eigenvalue weighted by Crippen LogP contribution is 2.15. The molecule has 1 rings (SSSR count). The van der Waals surface area contributed by atoms with Crippen molar-refractivity contribution in [2.24, 2.45) is 0 Å². The summed E-state index contributed by atoms with van der Waals surface area (Å²) in [6.07, 6.45) is 4.53. The molecule has 1 aromatic rings. The van der Waals surface area contributed by atoms with Gasteiger partial charge in [0.15, 0.2) is 0 Å². The molecule has 112 valence electrons. The molecule has 0 saturated heterocycles. The van der Waals surface area contributed by atoms with Gasteiger partial charge in [0.25, 0.3) is 0 Å². The van der Waals surface area contributed by atoms with E-state index in [1.165, 1.54) is 18.4 Å². The second-order valence-electron chi connectivity index (χ2n) is 4.73. The largest absolute Gasteiger partial charge is 0.465 e. The van der Waals surface area contributed by atoms with Crippen LogP contribution < -0.4 is 0 Å². The summed E-state index contributed by atoms with van der Waals surface area (Å²) in [5, 5.41) is 0.